The quantitative estimate of drug-likeness (QED) is 0.104. The van der Waals surface area contributed by atoms with Crippen molar-refractivity contribution in [2.45, 2.75) is 52.2 Å². The predicted octanol–water partition coefficient (Wildman–Crippen LogP) is 1.68. The molecular formula is C29H44N2O12. The van der Waals surface area contributed by atoms with Crippen LogP contribution in [0.4, 0.5) is 4.79 Å². The van der Waals surface area contributed by atoms with E-state index in [1.807, 2.05) is 18.2 Å². The van der Waals surface area contributed by atoms with Gasteiger partial charge < -0.3 is 43.8 Å². The van der Waals surface area contributed by atoms with Gasteiger partial charge in [0.05, 0.1) is 78.7 Å². The maximum absolute atomic E-state index is 12.9. The van der Waals surface area contributed by atoms with E-state index in [0.717, 1.165) is 5.56 Å². The van der Waals surface area contributed by atoms with Gasteiger partial charge in [0.15, 0.2) is 0 Å². The van der Waals surface area contributed by atoms with Crippen LogP contribution in [0.1, 0.15) is 45.6 Å². The van der Waals surface area contributed by atoms with Crippen molar-refractivity contribution in [2.75, 3.05) is 66.0 Å². The summed E-state index contributed by atoms with van der Waals surface area (Å²) in [5.74, 6) is -1.97. The summed E-state index contributed by atoms with van der Waals surface area (Å²) in [5, 5.41) is 5.15. The second kappa shape index (κ2) is 22.8. The number of hydrogen-bond donors (Lipinski definition) is 2. The molecular weight excluding hydrogens is 568 g/mol. The maximum atomic E-state index is 12.9. The van der Waals surface area contributed by atoms with Crippen LogP contribution in [-0.4, -0.2) is 101 Å². The molecule has 1 aromatic rings. The van der Waals surface area contributed by atoms with E-state index in [4.69, 9.17) is 33.2 Å². The molecule has 2 amide bonds. The summed E-state index contributed by atoms with van der Waals surface area (Å²) in [7, 11) is 0. The Morgan fingerprint density at radius 2 is 1.09 bits per heavy atom. The second-order valence-corrected chi connectivity index (χ2v) is 9.07. The van der Waals surface area contributed by atoms with Gasteiger partial charge in [0.2, 0.25) is 5.91 Å². The molecule has 14 nitrogen and oxygen atoms in total. The molecule has 2 N–H and O–H groups in total. The predicted molar refractivity (Wildman–Crippen MR) is 152 cm³/mol. The molecule has 0 unspecified atom stereocenters. The first kappa shape index (κ1) is 37.3. The van der Waals surface area contributed by atoms with Crippen LogP contribution in [-0.2, 0) is 58.9 Å². The zero-order chi connectivity index (χ0) is 31.8. The number of alkyl carbamates (subject to hydrolysis) is 1. The Labute approximate surface area is 252 Å². The van der Waals surface area contributed by atoms with E-state index in [-0.39, 0.29) is 85.3 Å². The summed E-state index contributed by atoms with van der Waals surface area (Å²) in [6.07, 6.45) is -0.882. The third-order valence-corrected chi connectivity index (χ3v) is 5.41. The molecule has 0 bridgehead atoms. The molecule has 0 atom stereocenters. The Kier molecular flexibility index (Phi) is 19.8. The van der Waals surface area contributed by atoms with Crippen LogP contribution in [0.15, 0.2) is 30.3 Å². The average Bonchev–Trinajstić information content (AvgIpc) is 2.98. The van der Waals surface area contributed by atoms with Crippen molar-refractivity contribution in [3.63, 3.8) is 0 Å². The first-order valence-corrected chi connectivity index (χ1v) is 14.2. The number of carbonyl (C=O) groups is 5. The highest BCUT2D eigenvalue weighted by Crippen LogP contribution is 2.11. The number of amides is 2. The fourth-order valence-corrected chi connectivity index (χ4v) is 3.47. The number of nitrogens with one attached hydrogen (secondary N) is 2. The Morgan fingerprint density at radius 1 is 0.651 bits per heavy atom. The lowest BCUT2D eigenvalue weighted by molar-refractivity contribution is -0.145. The first-order chi connectivity index (χ1) is 20.7. The van der Waals surface area contributed by atoms with Gasteiger partial charge in [-0.25, -0.2) is 4.79 Å². The molecule has 0 saturated heterocycles. The van der Waals surface area contributed by atoms with Crippen LogP contribution in [0.25, 0.3) is 0 Å². The van der Waals surface area contributed by atoms with Gasteiger partial charge in [-0.2, -0.15) is 0 Å². The molecule has 1 aromatic carbocycles. The van der Waals surface area contributed by atoms with Crippen molar-refractivity contribution in [3.05, 3.63) is 35.9 Å². The number of esters is 3. The number of rotatable bonds is 23. The fourth-order valence-electron chi connectivity index (χ4n) is 3.47. The van der Waals surface area contributed by atoms with Crippen molar-refractivity contribution in [1.82, 2.24) is 10.6 Å². The van der Waals surface area contributed by atoms with Gasteiger partial charge in [-0.05, 0) is 26.3 Å². The fraction of sp³-hybridized carbons (Fsp3) is 0.621. The SMILES string of the molecule is CCOC(=O)CCOCC(COCCC(=O)OCC)(COCCC(=O)OCC)NC(=O)CNC(=O)OCc1ccccc1. The molecule has 0 fully saturated rings. The topological polar surface area (TPSA) is 174 Å². The lowest BCUT2D eigenvalue weighted by atomic mass is 10.0. The second-order valence-electron chi connectivity index (χ2n) is 9.07. The molecule has 0 radical (unpaired) electrons. The summed E-state index contributed by atoms with van der Waals surface area (Å²) in [6.45, 7) is 4.74. The standard InChI is InChI=1S/C29H44N2O12/c1-4-40-25(33)12-15-37-20-29(21-38-16-13-26(34)41-5-2,22-39-17-14-27(35)42-6-3)31-24(32)18-30-28(36)43-19-23-10-8-7-9-11-23/h7-11H,4-6,12-22H2,1-3H3,(H,30,36)(H,31,32). The Hall–Kier alpha value is -3.75. The summed E-state index contributed by atoms with van der Waals surface area (Å²) in [6, 6.07) is 9.03. The third-order valence-electron chi connectivity index (χ3n) is 5.41. The molecule has 1 rings (SSSR count). The third kappa shape index (κ3) is 18.4. The van der Waals surface area contributed by atoms with E-state index in [1.165, 1.54) is 0 Å². The highest BCUT2D eigenvalue weighted by Gasteiger charge is 2.34. The van der Waals surface area contributed by atoms with Gasteiger partial charge in [-0.15, -0.1) is 0 Å². The molecule has 0 saturated carbocycles. The van der Waals surface area contributed by atoms with Crippen molar-refractivity contribution in [3.8, 4) is 0 Å². The maximum Gasteiger partial charge on any atom is 0.407 e. The van der Waals surface area contributed by atoms with E-state index in [1.54, 1.807) is 32.9 Å². The molecule has 0 heterocycles. The van der Waals surface area contributed by atoms with Crippen molar-refractivity contribution >= 4 is 29.9 Å². The summed E-state index contributed by atoms with van der Waals surface area (Å²) in [5.41, 5.74) is -0.550. The molecule has 0 aliphatic carbocycles. The number of benzene rings is 1. The monoisotopic (exact) mass is 612 g/mol. The highest BCUT2D eigenvalue weighted by atomic mass is 16.6. The Balaban J connectivity index is 2.88. The lowest BCUT2D eigenvalue weighted by Crippen LogP contribution is -2.60. The highest BCUT2D eigenvalue weighted by molar-refractivity contribution is 5.82. The van der Waals surface area contributed by atoms with Crippen LogP contribution < -0.4 is 10.6 Å². The van der Waals surface area contributed by atoms with Crippen LogP contribution in [0.5, 0.6) is 0 Å². The minimum atomic E-state index is -1.33. The smallest absolute Gasteiger partial charge is 0.407 e. The van der Waals surface area contributed by atoms with Crippen LogP contribution in [0.2, 0.25) is 0 Å². The van der Waals surface area contributed by atoms with E-state index in [2.05, 4.69) is 10.6 Å². The number of ether oxygens (including phenoxy) is 7. The van der Waals surface area contributed by atoms with Crippen LogP contribution >= 0.6 is 0 Å². The van der Waals surface area contributed by atoms with Gasteiger partial charge in [0, 0.05) is 0 Å². The lowest BCUT2D eigenvalue weighted by Gasteiger charge is -2.34. The Bertz CT molecular complexity index is 909. The largest absolute Gasteiger partial charge is 0.466 e. The molecule has 14 heteroatoms. The minimum absolute atomic E-state index is 0.0217. The van der Waals surface area contributed by atoms with Crippen LogP contribution in [0, 0.1) is 0 Å². The van der Waals surface area contributed by atoms with E-state index in [0.29, 0.717) is 0 Å². The molecule has 0 aliphatic rings. The van der Waals surface area contributed by atoms with Gasteiger partial charge in [0.25, 0.3) is 0 Å². The first-order valence-electron chi connectivity index (χ1n) is 14.2. The summed E-state index contributed by atoms with van der Waals surface area (Å²) >= 11 is 0. The zero-order valence-electron chi connectivity index (χ0n) is 25.2. The van der Waals surface area contributed by atoms with Crippen molar-refractivity contribution < 1.29 is 57.1 Å². The zero-order valence-corrected chi connectivity index (χ0v) is 25.2. The minimum Gasteiger partial charge on any atom is -0.466 e. The van der Waals surface area contributed by atoms with Gasteiger partial charge in [-0.3, -0.25) is 19.2 Å². The van der Waals surface area contributed by atoms with Crippen LogP contribution in [0.3, 0.4) is 0 Å². The Morgan fingerprint density at radius 3 is 1.51 bits per heavy atom. The summed E-state index contributed by atoms with van der Waals surface area (Å²) in [4.78, 5) is 60.3. The molecule has 242 valence electrons. The molecule has 0 aliphatic heterocycles. The number of carbonyl (C=O) groups excluding carboxylic acids is 5. The van der Waals surface area contributed by atoms with E-state index in [9.17, 15) is 24.0 Å². The summed E-state index contributed by atoms with van der Waals surface area (Å²) < 4.78 is 36.9. The normalized spacial score (nSPS) is 10.9. The van der Waals surface area contributed by atoms with Gasteiger partial charge in [0.1, 0.15) is 18.7 Å². The molecule has 0 spiro atoms. The molecule has 0 aromatic heterocycles. The van der Waals surface area contributed by atoms with Crippen molar-refractivity contribution in [1.29, 1.82) is 0 Å². The van der Waals surface area contributed by atoms with Crippen molar-refractivity contribution in [2.24, 2.45) is 0 Å². The number of hydrogen-bond acceptors (Lipinski definition) is 12. The average molecular weight is 613 g/mol. The van der Waals surface area contributed by atoms with Gasteiger partial charge in [-0.1, -0.05) is 30.3 Å². The van der Waals surface area contributed by atoms with Gasteiger partial charge >= 0.3 is 24.0 Å². The van der Waals surface area contributed by atoms with E-state index >= 15 is 0 Å². The van der Waals surface area contributed by atoms with E-state index < -0.39 is 42.0 Å². The molecule has 43 heavy (non-hydrogen) atoms.